The maximum absolute atomic E-state index is 11.0. The van der Waals surface area contributed by atoms with E-state index in [-0.39, 0.29) is 5.91 Å². The third-order valence-corrected chi connectivity index (χ3v) is 3.84. The van der Waals surface area contributed by atoms with Gasteiger partial charge in [0.25, 0.3) is 0 Å². The molecule has 1 fully saturated rings. The number of likely N-dealkylation sites (tertiary alicyclic amines) is 1. The molecule has 1 N–H and O–H groups in total. The van der Waals surface area contributed by atoms with Crippen molar-refractivity contribution in [2.24, 2.45) is 7.05 Å². The first-order chi connectivity index (χ1) is 10.1. The fourth-order valence-corrected chi connectivity index (χ4v) is 2.75. The second-order valence-electron chi connectivity index (χ2n) is 5.49. The van der Waals surface area contributed by atoms with E-state index >= 15 is 0 Å². The van der Waals surface area contributed by atoms with Gasteiger partial charge in [-0.25, -0.2) is 0 Å². The highest BCUT2D eigenvalue weighted by Gasteiger charge is 2.25. The molecular weight excluding hydrogens is 268 g/mol. The van der Waals surface area contributed by atoms with Crippen LogP contribution in [0.4, 0.5) is 5.82 Å². The van der Waals surface area contributed by atoms with E-state index in [0.29, 0.717) is 11.9 Å². The zero-order chi connectivity index (χ0) is 14.8. The number of carbonyl (C=O) groups excluding carboxylic acids is 1. The van der Waals surface area contributed by atoms with Gasteiger partial charge in [-0.15, -0.1) is 0 Å². The molecule has 112 valence electrons. The van der Waals surface area contributed by atoms with Crippen molar-refractivity contribution in [2.45, 2.75) is 25.9 Å². The summed E-state index contributed by atoms with van der Waals surface area (Å²) < 4.78 is 3.87. The number of nitrogens with one attached hydrogen (secondary N) is 1. The van der Waals surface area contributed by atoms with Crippen molar-refractivity contribution in [3.8, 4) is 0 Å². The van der Waals surface area contributed by atoms with E-state index in [1.165, 1.54) is 12.6 Å². The quantitative estimate of drug-likeness (QED) is 0.912. The lowest BCUT2D eigenvalue weighted by atomic mass is 10.3. The van der Waals surface area contributed by atoms with Crippen LogP contribution in [-0.2, 0) is 18.4 Å². The second kappa shape index (κ2) is 5.69. The van der Waals surface area contributed by atoms with Crippen molar-refractivity contribution in [1.82, 2.24) is 24.5 Å². The monoisotopic (exact) mass is 288 g/mol. The fraction of sp³-hybridized carbons (Fsp3) is 0.500. The van der Waals surface area contributed by atoms with Crippen molar-refractivity contribution in [3.63, 3.8) is 0 Å². The predicted octanol–water partition coefficient (Wildman–Crippen LogP) is 1.02. The number of amides is 1. The number of aromatic nitrogens is 4. The lowest BCUT2D eigenvalue weighted by Crippen LogP contribution is -2.22. The van der Waals surface area contributed by atoms with E-state index in [9.17, 15) is 4.79 Å². The lowest BCUT2D eigenvalue weighted by molar-refractivity contribution is -0.114. The standard InChI is InChI=1S/C14H20N6O/c1-11(21)16-14-5-8-20(17-14)13-4-7-19(10-13)9-12-3-6-15-18(12)2/h3,5-6,8,13H,4,7,9-10H2,1-2H3,(H,16,17,21)/t13-/m1/s1. The van der Waals surface area contributed by atoms with Gasteiger partial charge in [-0.3, -0.25) is 19.1 Å². The largest absolute Gasteiger partial charge is 0.309 e. The molecule has 0 spiro atoms. The number of nitrogens with zero attached hydrogens (tertiary/aromatic N) is 5. The van der Waals surface area contributed by atoms with Gasteiger partial charge in [0.2, 0.25) is 5.91 Å². The maximum Gasteiger partial charge on any atom is 0.222 e. The van der Waals surface area contributed by atoms with Crippen LogP contribution >= 0.6 is 0 Å². The molecule has 0 aromatic carbocycles. The third-order valence-electron chi connectivity index (χ3n) is 3.84. The van der Waals surface area contributed by atoms with Crippen LogP contribution in [0.15, 0.2) is 24.5 Å². The molecule has 1 saturated heterocycles. The van der Waals surface area contributed by atoms with Gasteiger partial charge < -0.3 is 5.32 Å². The van der Waals surface area contributed by atoms with E-state index in [0.717, 1.165) is 26.1 Å². The smallest absolute Gasteiger partial charge is 0.222 e. The average Bonchev–Trinajstić information content (AvgIpc) is 3.12. The minimum absolute atomic E-state index is 0.0930. The van der Waals surface area contributed by atoms with Crippen LogP contribution in [0.3, 0.4) is 0 Å². The van der Waals surface area contributed by atoms with Crippen LogP contribution in [0.2, 0.25) is 0 Å². The summed E-state index contributed by atoms with van der Waals surface area (Å²) in [4.78, 5) is 13.4. The van der Waals surface area contributed by atoms with Gasteiger partial charge in [-0.1, -0.05) is 0 Å². The number of anilines is 1. The molecule has 3 rings (SSSR count). The molecule has 1 atom stereocenters. The third kappa shape index (κ3) is 3.13. The number of hydrogen-bond donors (Lipinski definition) is 1. The molecular formula is C14H20N6O. The Hall–Kier alpha value is -2.15. The minimum Gasteiger partial charge on any atom is -0.309 e. The molecule has 7 heteroatoms. The first-order valence-corrected chi connectivity index (χ1v) is 7.14. The highest BCUT2D eigenvalue weighted by Crippen LogP contribution is 2.23. The van der Waals surface area contributed by atoms with Crippen molar-refractivity contribution in [1.29, 1.82) is 0 Å². The van der Waals surface area contributed by atoms with Crippen LogP contribution < -0.4 is 5.32 Å². The van der Waals surface area contributed by atoms with E-state index in [1.54, 1.807) is 0 Å². The summed E-state index contributed by atoms with van der Waals surface area (Å²) in [6.45, 7) is 4.41. The molecule has 0 aliphatic carbocycles. The Balaban J connectivity index is 1.60. The summed E-state index contributed by atoms with van der Waals surface area (Å²) in [6.07, 6.45) is 4.83. The number of carbonyl (C=O) groups is 1. The Morgan fingerprint density at radius 1 is 1.48 bits per heavy atom. The first kappa shape index (κ1) is 13.8. The van der Waals surface area contributed by atoms with E-state index < -0.39 is 0 Å². The van der Waals surface area contributed by atoms with Gasteiger partial charge in [0.15, 0.2) is 5.82 Å². The zero-order valence-electron chi connectivity index (χ0n) is 12.4. The van der Waals surface area contributed by atoms with Crippen LogP contribution in [0.1, 0.15) is 25.1 Å². The molecule has 7 nitrogen and oxygen atoms in total. The molecule has 1 amide bonds. The van der Waals surface area contributed by atoms with E-state index in [2.05, 4.69) is 26.5 Å². The topological polar surface area (TPSA) is 68.0 Å². The molecule has 2 aromatic rings. The normalized spacial score (nSPS) is 19.0. The van der Waals surface area contributed by atoms with Gasteiger partial charge >= 0.3 is 0 Å². The van der Waals surface area contributed by atoms with Crippen LogP contribution in [-0.4, -0.2) is 43.5 Å². The SMILES string of the molecule is CC(=O)Nc1ccn([C@@H]2CCN(Cc3ccnn3C)C2)n1. The number of aryl methyl sites for hydroxylation is 1. The molecule has 1 aliphatic rings. The Kier molecular flexibility index (Phi) is 3.74. The summed E-state index contributed by atoms with van der Waals surface area (Å²) in [5.41, 5.74) is 1.22. The highest BCUT2D eigenvalue weighted by atomic mass is 16.1. The maximum atomic E-state index is 11.0. The Labute approximate surface area is 123 Å². The van der Waals surface area contributed by atoms with Crippen molar-refractivity contribution in [3.05, 3.63) is 30.2 Å². The minimum atomic E-state index is -0.0930. The Morgan fingerprint density at radius 3 is 3.05 bits per heavy atom. The Bertz CT molecular complexity index is 631. The average molecular weight is 288 g/mol. The van der Waals surface area contributed by atoms with Crippen molar-refractivity contribution in [2.75, 3.05) is 18.4 Å². The van der Waals surface area contributed by atoms with Gasteiger partial charge in [-0.05, 0) is 12.5 Å². The molecule has 0 bridgehead atoms. The number of rotatable bonds is 4. The summed E-state index contributed by atoms with van der Waals surface area (Å²) >= 11 is 0. The van der Waals surface area contributed by atoms with Crippen molar-refractivity contribution < 1.29 is 4.79 Å². The summed E-state index contributed by atoms with van der Waals surface area (Å²) in [5.74, 6) is 0.525. The molecule has 0 unspecified atom stereocenters. The van der Waals surface area contributed by atoms with Gasteiger partial charge in [-0.2, -0.15) is 10.2 Å². The molecule has 3 heterocycles. The second-order valence-corrected chi connectivity index (χ2v) is 5.49. The lowest BCUT2D eigenvalue weighted by Gasteiger charge is -2.16. The first-order valence-electron chi connectivity index (χ1n) is 7.14. The van der Waals surface area contributed by atoms with Gasteiger partial charge in [0, 0.05) is 52.1 Å². The summed E-state index contributed by atoms with van der Waals surface area (Å²) in [5, 5.41) is 11.3. The molecule has 1 aliphatic heterocycles. The van der Waals surface area contributed by atoms with Crippen molar-refractivity contribution >= 4 is 11.7 Å². The van der Waals surface area contributed by atoms with E-state index in [1.807, 2.05) is 34.9 Å². The van der Waals surface area contributed by atoms with Crippen LogP contribution in [0, 0.1) is 0 Å². The predicted molar refractivity (Wildman–Crippen MR) is 78.7 cm³/mol. The van der Waals surface area contributed by atoms with Gasteiger partial charge in [0.05, 0.1) is 11.7 Å². The van der Waals surface area contributed by atoms with Gasteiger partial charge in [0.1, 0.15) is 0 Å². The molecule has 0 saturated carbocycles. The summed E-state index contributed by atoms with van der Waals surface area (Å²) in [7, 11) is 1.97. The Morgan fingerprint density at radius 2 is 2.33 bits per heavy atom. The fourth-order valence-electron chi connectivity index (χ4n) is 2.75. The molecule has 0 radical (unpaired) electrons. The molecule has 2 aromatic heterocycles. The zero-order valence-corrected chi connectivity index (χ0v) is 12.4. The van der Waals surface area contributed by atoms with Crippen LogP contribution in [0.5, 0.6) is 0 Å². The van der Waals surface area contributed by atoms with E-state index in [4.69, 9.17) is 0 Å². The number of hydrogen-bond acceptors (Lipinski definition) is 4. The summed E-state index contributed by atoms with van der Waals surface area (Å²) in [6, 6.07) is 4.25. The molecule has 21 heavy (non-hydrogen) atoms. The van der Waals surface area contributed by atoms with Crippen LogP contribution in [0.25, 0.3) is 0 Å². The highest BCUT2D eigenvalue weighted by molar-refractivity contribution is 5.87.